The monoisotopic (exact) mass is 469 g/mol. The molecule has 0 unspecified atom stereocenters. The molecule has 1 N–H and O–H groups in total. The highest BCUT2D eigenvalue weighted by molar-refractivity contribution is 9.10. The van der Waals surface area contributed by atoms with E-state index in [9.17, 15) is 14.9 Å². The van der Waals surface area contributed by atoms with Crippen LogP contribution in [0.25, 0.3) is 6.08 Å². The summed E-state index contributed by atoms with van der Waals surface area (Å²) in [6.45, 7) is 4.50. The van der Waals surface area contributed by atoms with E-state index in [2.05, 4.69) is 27.3 Å². The first-order valence-corrected chi connectivity index (χ1v) is 10.2. The molecule has 1 aliphatic rings. The van der Waals surface area contributed by atoms with Crippen LogP contribution in [0, 0.1) is 11.3 Å². The number of nitrogens with one attached hydrogen (secondary N) is 1. The maximum atomic E-state index is 12.3. The van der Waals surface area contributed by atoms with Crippen molar-refractivity contribution < 1.29 is 19.1 Å². The molecule has 0 bridgehead atoms. The summed E-state index contributed by atoms with van der Waals surface area (Å²) in [5.41, 5.74) is 2.17. The van der Waals surface area contributed by atoms with Crippen LogP contribution in [0.2, 0.25) is 0 Å². The van der Waals surface area contributed by atoms with Gasteiger partial charge in [0.05, 0.1) is 22.7 Å². The summed E-state index contributed by atoms with van der Waals surface area (Å²) in [6.07, 6.45) is 1.60. The predicted octanol–water partition coefficient (Wildman–Crippen LogP) is 4.21. The third kappa shape index (κ3) is 4.47. The Hall–Kier alpha value is -3.31. The van der Waals surface area contributed by atoms with E-state index in [4.69, 9.17) is 9.47 Å². The molecule has 0 atom stereocenters. The molecule has 1 saturated heterocycles. The van der Waals surface area contributed by atoms with E-state index in [-0.39, 0.29) is 18.2 Å². The lowest BCUT2D eigenvalue weighted by Crippen LogP contribution is -2.30. The number of urea groups is 1. The second-order valence-electron chi connectivity index (χ2n) is 6.36. The van der Waals surface area contributed by atoms with Gasteiger partial charge in [-0.2, -0.15) is 5.26 Å². The number of rotatable bonds is 7. The molecule has 1 aliphatic heterocycles. The minimum absolute atomic E-state index is 0.197. The molecule has 0 aliphatic carbocycles. The van der Waals surface area contributed by atoms with Gasteiger partial charge in [0.15, 0.2) is 11.5 Å². The van der Waals surface area contributed by atoms with Crippen molar-refractivity contribution in [3.05, 3.63) is 63.3 Å². The zero-order chi connectivity index (χ0) is 21.7. The van der Waals surface area contributed by atoms with Crippen molar-refractivity contribution in [2.45, 2.75) is 20.5 Å². The van der Waals surface area contributed by atoms with Crippen molar-refractivity contribution in [3.8, 4) is 17.6 Å². The Morgan fingerprint density at radius 2 is 1.97 bits per heavy atom. The van der Waals surface area contributed by atoms with E-state index in [0.717, 1.165) is 10.5 Å². The van der Waals surface area contributed by atoms with Crippen LogP contribution in [-0.4, -0.2) is 30.0 Å². The van der Waals surface area contributed by atoms with Crippen molar-refractivity contribution in [1.29, 1.82) is 5.26 Å². The lowest BCUT2D eigenvalue weighted by atomic mass is 10.1. The van der Waals surface area contributed by atoms with Gasteiger partial charge in [-0.05, 0) is 59.6 Å². The summed E-state index contributed by atoms with van der Waals surface area (Å²) in [5.74, 6) is 0.603. The molecule has 0 radical (unpaired) electrons. The standard InChI is InChI=1S/C22H20BrN3O4/c1-3-26-21(27)18(25-22(26)28)10-14-9-17(23)20(19(11-14)29-4-2)30-13-16-8-6-5-7-15(16)12-24/h5-11H,3-4,13H2,1-2H3,(H,25,28)/b18-10+. The molecule has 154 valence electrons. The van der Waals surface area contributed by atoms with E-state index < -0.39 is 6.03 Å². The molecule has 30 heavy (non-hydrogen) atoms. The summed E-state index contributed by atoms with van der Waals surface area (Å²) in [6, 6.07) is 12.4. The number of nitriles is 1. The van der Waals surface area contributed by atoms with Crippen LogP contribution < -0.4 is 14.8 Å². The Bertz CT molecular complexity index is 1060. The number of ether oxygens (including phenoxy) is 2. The minimum atomic E-state index is -0.436. The van der Waals surface area contributed by atoms with Crippen LogP contribution in [-0.2, 0) is 11.4 Å². The lowest BCUT2D eigenvalue weighted by Gasteiger charge is -2.15. The van der Waals surface area contributed by atoms with E-state index in [1.54, 1.807) is 37.3 Å². The molecule has 8 heteroatoms. The molecule has 2 aromatic rings. The van der Waals surface area contributed by atoms with Crippen molar-refractivity contribution in [1.82, 2.24) is 10.2 Å². The van der Waals surface area contributed by atoms with Gasteiger partial charge in [-0.15, -0.1) is 0 Å². The Morgan fingerprint density at radius 1 is 1.20 bits per heavy atom. The normalized spacial score (nSPS) is 14.6. The van der Waals surface area contributed by atoms with Crippen LogP contribution in [0.4, 0.5) is 4.79 Å². The largest absolute Gasteiger partial charge is 0.490 e. The molecule has 7 nitrogen and oxygen atoms in total. The average molecular weight is 470 g/mol. The smallest absolute Gasteiger partial charge is 0.328 e. The second kappa shape index (κ2) is 9.46. The van der Waals surface area contributed by atoms with Gasteiger partial charge in [0, 0.05) is 12.1 Å². The summed E-state index contributed by atoms with van der Waals surface area (Å²) in [5, 5.41) is 11.8. The number of nitrogens with zero attached hydrogens (tertiary/aromatic N) is 2. The molecule has 1 heterocycles. The van der Waals surface area contributed by atoms with Crippen molar-refractivity contribution in [2.24, 2.45) is 0 Å². The summed E-state index contributed by atoms with van der Waals surface area (Å²) >= 11 is 3.50. The molecular formula is C22H20BrN3O4. The number of hydrogen-bond acceptors (Lipinski definition) is 5. The van der Waals surface area contributed by atoms with Crippen LogP contribution in [0.1, 0.15) is 30.5 Å². The van der Waals surface area contributed by atoms with Gasteiger partial charge in [-0.1, -0.05) is 18.2 Å². The van der Waals surface area contributed by atoms with Crippen LogP contribution in [0.3, 0.4) is 0 Å². The third-order valence-corrected chi connectivity index (χ3v) is 5.02. The van der Waals surface area contributed by atoms with Crippen molar-refractivity contribution in [2.75, 3.05) is 13.2 Å². The lowest BCUT2D eigenvalue weighted by molar-refractivity contribution is -0.122. The zero-order valence-corrected chi connectivity index (χ0v) is 18.2. The van der Waals surface area contributed by atoms with Gasteiger partial charge in [-0.25, -0.2) is 4.79 Å². The number of halogens is 1. The first kappa shape index (κ1) is 21.4. The van der Waals surface area contributed by atoms with Gasteiger partial charge in [0.25, 0.3) is 5.91 Å². The maximum Gasteiger partial charge on any atom is 0.328 e. The number of likely N-dealkylation sites (N-methyl/N-ethyl adjacent to an activating group) is 1. The highest BCUT2D eigenvalue weighted by Gasteiger charge is 2.32. The highest BCUT2D eigenvalue weighted by atomic mass is 79.9. The Morgan fingerprint density at radius 3 is 2.63 bits per heavy atom. The van der Waals surface area contributed by atoms with Gasteiger partial charge in [0.1, 0.15) is 12.3 Å². The Balaban J connectivity index is 1.89. The van der Waals surface area contributed by atoms with Crippen LogP contribution in [0.15, 0.2) is 46.6 Å². The summed E-state index contributed by atoms with van der Waals surface area (Å²) < 4.78 is 12.3. The number of carbonyl (C=O) groups excluding carboxylic acids is 2. The van der Waals surface area contributed by atoms with E-state index >= 15 is 0 Å². The topological polar surface area (TPSA) is 91.7 Å². The third-order valence-electron chi connectivity index (χ3n) is 4.43. The fourth-order valence-electron chi connectivity index (χ4n) is 3.00. The number of hydrogen-bond donors (Lipinski definition) is 1. The number of benzene rings is 2. The molecule has 0 spiro atoms. The minimum Gasteiger partial charge on any atom is -0.490 e. The predicted molar refractivity (Wildman–Crippen MR) is 115 cm³/mol. The van der Waals surface area contributed by atoms with E-state index in [1.807, 2.05) is 19.1 Å². The van der Waals surface area contributed by atoms with Crippen LogP contribution in [0.5, 0.6) is 11.5 Å². The molecule has 0 aromatic heterocycles. The fourth-order valence-corrected chi connectivity index (χ4v) is 3.58. The quantitative estimate of drug-likeness (QED) is 0.484. The summed E-state index contributed by atoms with van der Waals surface area (Å²) in [7, 11) is 0. The molecule has 2 aromatic carbocycles. The van der Waals surface area contributed by atoms with Gasteiger partial charge in [-0.3, -0.25) is 9.69 Å². The molecule has 1 fully saturated rings. The summed E-state index contributed by atoms with van der Waals surface area (Å²) in [4.78, 5) is 25.3. The highest BCUT2D eigenvalue weighted by Crippen LogP contribution is 2.38. The second-order valence-corrected chi connectivity index (χ2v) is 7.21. The first-order chi connectivity index (χ1) is 14.5. The van der Waals surface area contributed by atoms with Crippen LogP contribution >= 0.6 is 15.9 Å². The Labute approximate surface area is 183 Å². The first-order valence-electron chi connectivity index (χ1n) is 9.40. The SMILES string of the molecule is CCOc1cc(/C=C2/NC(=O)N(CC)C2=O)cc(Br)c1OCc1ccccc1C#N. The number of amides is 3. The fraction of sp³-hybridized carbons (Fsp3) is 0.227. The van der Waals surface area contributed by atoms with Crippen molar-refractivity contribution in [3.63, 3.8) is 0 Å². The molecule has 3 amide bonds. The maximum absolute atomic E-state index is 12.3. The van der Waals surface area contributed by atoms with Crippen molar-refractivity contribution >= 4 is 33.9 Å². The number of imide groups is 1. The average Bonchev–Trinajstić information content (AvgIpc) is 3.00. The van der Waals surface area contributed by atoms with Gasteiger partial charge >= 0.3 is 6.03 Å². The molecule has 3 rings (SSSR count). The van der Waals surface area contributed by atoms with Gasteiger partial charge in [0.2, 0.25) is 0 Å². The Kier molecular flexibility index (Phi) is 6.75. The number of carbonyl (C=O) groups is 2. The molecule has 0 saturated carbocycles. The zero-order valence-electron chi connectivity index (χ0n) is 16.6. The van der Waals surface area contributed by atoms with Gasteiger partial charge < -0.3 is 14.8 Å². The van der Waals surface area contributed by atoms with E-state index in [1.165, 1.54) is 0 Å². The molecular weight excluding hydrogens is 450 g/mol. The van der Waals surface area contributed by atoms with E-state index in [0.29, 0.717) is 40.3 Å².